The Bertz CT molecular complexity index is 1360. The first-order valence-corrected chi connectivity index (χ1v) is 12.0. The number of carbonyl (C=O) groups is 1. The number of H-pyrrole nitrogens is 1. The SMILES string of the molecule is COc1ccc2c(C(=O)C(NCCc3ccc(S(N)(=O)=O)cc3)c3ccccc3)c[nH]c2c1. The van der Waals surface area contributed by atoms with Gasteiger partial charge < -0.3 is 15.0 Å². The molecule has 4 N–H and O–H groups in total. The van der Waals surface area contributed by atoms with Crippen molar-refractivity contribution in [1.29, 1.82) is 0 Å². The highest BCUT2D eigenvalue weighted by Gasteiger charge is 2.24. The summed E-state index contributed by atoms with van der Waals surface area (Å²) in [7, 11) is -2.11. The number of fused-ring (bicyclic) bond motifs is 1. The lowest BCUT2D eigenvalue weighted by molar-refractivity contribution is 0.0945. The molecule has 1 atom stereocenters. The van der Waals surface area contributed by atoms with E-state index in [0.717, 1.165) is 27.8 Å². The molecule has 1 unspecified atom stereocenters. The van der Waals surface area contributed by atoms with E-state index in [2.05, 4.69) is 10.3 Å². The Kier molecular flexibility index (Phi) is 6.60. The summed E-state index contributed by atoms with van der Waals surface area (Å²) in [6.07, 6.45) is 2.35. The summed E-state index contributed by atoms with van der Waals surface area (Å²) in [5, 5.41) is 9.37. The smallest absolute Gasteiger partial charge is 0.238 e. The van der Waals surface area contributed by atoms with Gasteiger partial charge in [-0.1, -0.05) is 42.5 Å². The number of nitrogens with two attached hydrogens (primary N) is 1. The molecule has 4 rings (SSSR count). The number of aromatic amines is 1. The molecule has 0 aliphatic heterocycles. The van der Waals surface area contributed by atoms with Crippen LogP contribution < -0.4 is 15.2 Å². The third kappa shape index (κ3) is 5.14. The fraction of sp³-hybridized carbons (Fsp3) is 0.160. The summed E-state index contributed by atoms with van der Waals surface area (Å²) in [5.41, 5.74) is 3.24. The quantitative estimate of drug-likeness (QED) is 0.328. The van der Waals surface area contributed by atoms with E-state index >= 15 is 0 Å². The second kappa shape index (κ2) is 9.58. The predicted molar refractivity (Wildman–Crippen MR) is 128 cm³/mol. The highest BCUT2D eigenvalue weighted by atomic mass is 32.2. The van der Waals surface area contributed by atoms with E-state index in [9.17, 15) is 13.2 Å². The maximum Gasteiger partial charge on any atom is 0.238 e. The van der Waals surface area contributed by atoms with Gasteiger partial charge in [0, 0.05) is 35.3 Å². The molecule has 3 aromatic carbocycles. The average molecular weight is 464 g/mol. The van der Waals surface area contributed by atoms with Crippen molar-refractivity contribution in [1.82, 2.24) is 10.3 Å². The van der Waals surface area contributed by atoms with Crippen molar-refractivity contribution in [3.63, 3.8) is 0 Å². The van der Waals surface area contributed by atoms with E-state index in [4.69, 9.17) is 9.88 Å². The first-order chi connectivity index (χ1) is 15.9. The third-order valence-electron chi connectivity index (χ3n) is 5.56. The monoisotopic (exact) mass is 463 g/mol. The topological polar surface area (TPSA) is 114 Å². The minimum atomic E-state index is -3.72. The van der Waals surface area contributed by atoms with Crippen molar-refractivity contribution < 1.29 is 17.9 Å². The van der Waals surface area contributed by atoms with E-state index in [0.29, 0.717) is 18.5 Å². The Hall–Kier alpha value is -3.46. The van der Waals surface area contributed by atoms with Gasteiger partial charge in [-0.2, -0.15) is 0 Å². The lowest BCUT2D eigenvalue weighted by Crippen LogP contribution is -2.30. The molecule has 0 saturated heterocycles. The van der Waals surface area contributed by atoms with Crippen molar-refractivity contribution in [2.24, 2.45) is 5.14 Å². The first kappa shape index (κ1) is 22.7. The highest BCUT2D eigenvalue weighted by Crippen LogP contribution is 2.27. The van der Waals surface area contributed by atoms with Gasteiger partial charge in [0.2, 0.25) is 10.0 Å². The van der Waals surface area contributed by atoms with Crippen LogP contribution in [-0.2, 0) is 16.4 Å². The number of benzene rings is 3. The normalized spacial score (nSPS) is 12.5. The molecule has 0 bridgehead atoms. The first-order valence-electron chi connectivity index (χ1n) is 10.5. The van der Waals surface area contributed by atoms with Gasteiger partial charge in [0.1, 0.15) is 5.75 Å². The zero-order valence-corrected chi connectivity index (χ0v) is 18.9. The summed E-state index contributed by atoms with van der Waals surface area (Å²) in [6.45, 7) is 0.524. The molecule has 1 heterocycles. The van der Waals surface area contributed by atoms with E-state index in [1.807, 2.05) is 48.5 Å². The Morgan fingerprint density at radius 2 is 1.79 bits per heavy atom. The summed E-state index contributed by atoms with van der Waals surface area (Å²) in [5.74, 6) is 0.678. The minimum Gasteiger partial charge on any atom is -0.497 e. The number of ether oxygens (including phenoxy) is 1. The van der Waals surface area contributed by atoms with Crippen molar-refractivity contribution in [2.45, 2.75) is 17.4 Å². The van der Waals surface area contributed by atoms with Crippen molar-refractivity contribution in [3.8, 4) is 5.75 Å². The van der Waals surface area contributed by atoms with Crippen LogP contribution in [0.3, 0.4) is 0 Å². The molecular weight excluding hydrogens is 438 g/mol. The van der Waals surface area contributed by atoms with Crippen LogP contribution >= 0.6 is 0 Å². The summed E-state index contributed by atoms with van der Waals surface area (Å²) >= 11 is 0. The molecule has 1 aromatic heterocycles. The average Bonchev–Trinajstić information content (AvgIpc) is 3.25. The van der Waals surface area contributed by atoms with E-state index in [-0.39, 0.29) is 10.7 Å². The Labute approximate surface area is 192 Å². The van der Waals surface area contributed by atoms with Gasteiger partial charge in [0.25, 0.3) is 0 Å². The van der Waals surface area contributed by atoms with Crippen LogP contribution in [0.5, 0.6) is 5.75 Å². The van der Waals surface area contributed by atoms with Crippen molar-refractivity contribution in [2.75, 3.05) is 13.7 Å². The fourth-order valence-corrected chi connectivity index (χ4v) is 4.32. The molecule has 33 heavy (non-hydrogen) atoms. The zero-order chi connectivity index (χ0) is 23.4. The zero-order valence-electron chi connectivity index (χ0n) is 18.1. The largest absolute Gasteiger partial charge is 0.497 e. The Morgan fingerprint density at radius 1 is 1.06 bits per heavy atom. The van der Waals surface area contributed by atoms with Crippen molar-refractivity contribution in [3.05, 3.63) is 95.7 Å². The molecule has 8 heteroatoms. The van der Waals surface area contributed by atoms with Crippen LogP contribution in [0.4, 0.5) is 0 Å². The number of nitrogens with one attached hydrogen (secondary N) is 2. The van der Waals surface area contributed by atoms with Gasteiger partial charge in [0.05, 0.1) is 18.0 Å². The van der Waals surface area contributed by atoms with Crippen LogP contribution in [0.2, 0.25) is 0 Å². The number of methoxy groups -OCH3 is 1. The maximum atomic E-state index is 13.6. The molecule has 0 spiro atoms. The molecule has 0 fully saturated rings. The number of Topliss-reactive ketones (excluding diaryl/α,β-unsaturated/α-hetero) is 1. The maximum absolute atomic E-state index is 13.6. The number of rotatable bonds is 9. The van der Waals surface area contributed by atoms with Crippen LogP contribution in [-0.4, -0.2) is 32.8 Å². The molecule has 0 aliphatic rings. The van der Waals surface area contributed by atoms with Gasteiger partial charge in [-0.15, -0.1) is 0 Å². The standard InChI is InChI=1S/C25H25N3O4S/c1-32-19-9-12-21-22(16-28-23(21)15-19)25(29)24(18-5-3-2-4-6-18)27-14-13-17-7-10-20(11-8-17)33(26,30)31/h2-12,15-16,24,27-28H,13-14H2,1H3,(H2,26,30,31). The summed E-state index contributed by atoms with van der Waals surface area (Å²) < 4.78 is 28.2. The number of sulfonamides is 1. The Morgan fingerprint density at radius 3 is 2.45 bits per heavy atom. The molecule has 170 valence electrons. The molecular formula is C25H25N3O4S. The number of hydrogen-bond donors (Lipinski definition) is 3. The van der Waals surface area contributed by atoms with E-state index < -0.39 is 16.1 Å². The lowest BCUT2D eigenvalue weighted by atomic mass is 9.96. The van der Waals surface area contributed by atoms with E-state index in [1.54, 1.807) is 25.4 Å². The predicted octanol–water partition coefficient (Wildman–Crippen LogP) is 3.58. The Balaban J connectivity index is 1.54. The van der Waals surface area contributed by atoms with Gasteiger partial charge in [-0.05, 0) is 41.8 Å². The summed E-state index contributed by atoms with van der Waals surface area (Å²) in [4.78, 5) is 16.8. The molecule has 0 amide bonds. The van der Waals surface area contributed by atoms with E-state index in [1.165, 1.54) is 12.1 Å². The van der Waals surface area contributed by atoms with Crippen LogP contribution in [0.25, 0.3) is 10.9 Å². The number of carbonyl (C=O) groups excluding carboxylic acids is 1. The second-order valence-corrected chi connectivity index (χ2v) is 9.28. The molecule has 7 nitrogen and oxygen atoms in total. The number of hydrogen-bond acceptors (Lipinski definition) is 5. The molecule has 0 aliphatic carbocycles. The lowest BCUT2D eigenvalue weighted by Gasteiger charge is -2.18. The van der Waals surface area contributed by atoms with Crippen LogP contribution in [0, 0.1) is 0 Å². The highest BCUT2D eigenvalue weighted by molar-refractivity contribution is 7.89. The third-order valence-corrected chi connectivity index (χ3v) is 6.49. The van der Waals surface area contributed by atoms with Crippen LogP contribution in [0.1, 0.15) is 27.5 Å². The summed E-state index contributed by atoms with van der Waals surface area (Å²) in [6, 6.07) is 21.1. The van der Waals surface area contributed by atoms with Gasteiger partial charge >= 0.3 is 0 Å². The van der Waals surface area contributed by atoms with Gasteiger partial charge in [-0.25, -0.2) is 13.6 Å². The molecule has 0 radical (unpaired) electrons. The molecule has 4 aromatic rings. The minimum absolute atomic E-state index is 0.0396. The number of primary sulfonamides is 1. The fourth-order valence-electron chi connectivity index (χ4n) is 3.81. The number of aromatic nitrogens is 1. The van der Waals surface area contributed by atoms with Crippen molar-refractivity contribution >= 4 is 26.7 Å². The second-order valence-electron chi connectivity index (χ2n) is 7.71. The van der Waals surface area contributed by atoms with Crippen LogP contribution in [0.15, 0.2) is 83.9 Å². The molecule has 0 saturated carbocycles. The van der Waals surface area contributed by atoms with Gasteiger partial charge in [0.15, 0.2) is 5.78 Å². The number of ketones is 1. The van der Waals surface area contributed by atoms with Gasteiger partial charge in [-0.3, -0.25) is 4.79 Å².